The summed E-state index contributed by atoms with van der Waals surface area (Å²) in [6, 6.07) is 6.39. The van der Waals surface area contributed by atoms with Gasteiger partial charge in [0.2, 0.25) is 53.2 Å². The molecule has 9 amide bonds. The van der Waals surface area contributed by atoms with Crippen LogP contribution in [-0.2, 0) is 62.4 Å². The third-order valence-corrected chi connectivity index (χ3v) is 11.8. The molecule has 0 bridgehead atoms. The molecular weight excluding hydrogens is 931 g/mol. The largest absolute Gasteiger partial charge is 0.370 e. The molecule has 24 heteroatoms. The first-order valence-electron chi connectivity index (χ1n) is 23.8. The van der Waals surface area contributed by atoms with Gasteiger partial charge in [-0.1, -0.05) is 68.3 Å². The zero-order valence-electron chi connectivity index (χ0n) is 40.3. The van der Waals surface area contributed by atoms with Crippen molar-refractivity contribution in [3.63, 3.8) is 0 Å². The number of aliphatic imine (C=N–C) groups is 1. The number of nitrogens with one attached hydrogen (secondary N) is 10. The maximum atomic E-state index is 14.5. The Kier molecular flexibility index (Phi) is 20.6. The number of rotatable bonds is 19. The molecule has 2 aromatic carbocycles. The van der Waals surface area contributed by atoms with E-state index in [4.69, 9.17) is 17.2 Å². The van der Waals surface area contributed by atoms with Gasteiger partial charge in [-0.2, -0.15) is 0 Å². The van der Waals surface area contributed by atoms with Crippen LogP contribution in [0.2, 0.25) is 0 Å². The van der Waals surface area contributed by atoms with Crippen LogP contribution in [-0.4, -0.2) is 129 Å². The number of guanidine groups is 1. The number of nitrogens with two attached hydrogens (primary N) is 3. The number of H-pyrrole nitrogens is 2. The number of fused-ring (bicyclic) bond motifs is 1. The van der Waals surface area contributed by atoms with Crippen LogP contribution in [0, 0.1) is 0 Å². The molecule has 24 nitrogen and oxygen atoms in total. The second-order valence-electron chi connectivity index (χ2n) is 17.5. The van der Waals surface area contributed by atoms with Crippen LogP contribution in [0.25, 0.3) is 10.9 Å². The number of aromatic nitrogens is 3. The third-order valence-electron chi connectivity index (χ3n) is 11.8. The maximum Gasteiger partial charge on any atom is 0.245 e. The Hall–Kier alpha value is -8.31. The monoisotopic (exact) mass is 996 g/mol. The van der Waals surface area contributed by atoms with Gasteiger partial charge in [0.25, 0.3) is 0 Å². The smallest absolute Gasteiger partial charge is 0.245 e. The van der Waals surface area contributed by atoms with Crippen molar-refractivity contribution in [3.8, 4) is 0 Å². The van der Waals surface area contributed by atoms with Crippen LogP contribution < -0.4 is 59.7 Å². The van der Waals surface area contributed by atoms with Crippen molar-refractivity contribution >= 4 is 70.0 Å². The Balaban J connectivity index is 1.53. The summed E-state index contributed by atoms with van der Waals surface area (Å²) in [5.74, 6) is -7.41. The number of primary amides is 1. The van der Waals surface area contributed by atoms with E-state index in [2.05, 4.69) is 62.5 Å². The number of nitrogens with zero attached hydrogens (tertiary/aromatic N) is 2. The van der Waals surface area contributed by atoms with Gasteiger partial charge in [0.1, 0.15) is 42.3 Å². The Bertz CT molecular complexity index is 2550. The van der Waals surface area contributed by atoms with Gasteiger partial charge in [0, 0.05) is 74.7 Å². The highest BCUT2D eigenvalue weighted by molar-refractivity contribution is 5.98. The predicted molar refractivity (Wildman–Crippen MR) is 265 cm³/mol. The first-order chi connectivity index (χ1) is 34.5. The highest BCUT2D eigenvalue weighted by Gasteiger charge is 2.35. The van der Waals surface area contributed by atoms with E-state index in [0.29, 0.717) is 29.7 Å². The molecule has 4 aromatic rings. The topological polar surface area (TPSA) is 385 Å². The molecule has 1 aliphatic rings. The molecule has 5 rings (SSSR count). The Labute approximate surface area is 415 Å². The first-order valence-corrected chi connectivity index (χ1v) is 23.8. The second kappa shape index (κ2) is 27.2. The van der Waals surface area contributed by atoms with Gasteiger partial charge in [-0.15, -0.1) is 0 Å². The summed E-state index contributed by atoms with van der Waals surface area (Å²) >= 11 is 0. The molecule has 1 saturated heterocycles. The molecule has 0 aliphatic carbocycles. The van der Waals surface area contributed by atoms with E-state index in [9.17, 15) is 43.2 Å². The lowest BCUT2D eigenvalue weighted by molar-refractivity contribution is -0.136. The molecule has 0 saturated carbocycles. The summed E-state index contributed by atoms with van der Waals surface area (Å²) in [5.41, 5.74) is 19.4. The van der Waals surface area contributed by atoms with Crippen molar-refractivity contribution in [3.05, 3.63) is 90.1 Å². The number of para-hydroxylation sites is 1. The van der Waals surface area contributed by atoms with Gasteiger partial charge < -0.3 is 69.7 Å². The fourth-order valence-corrected chi connectivity index (χ4v) is 8.01. The summed E-state index contributed by atoms with van der Waals surface area (Å²) in [7, 11) is 0. The lowest BCUT2D eigenvalue weighted by Crippen LogP contribution is -2.62. The average Bonchev–Trinajstić information content (AvgIpc) is 4.02. The first kappa shape index (κ1) is 54.6. The number of amides is 9. The van der Waals surface area contributed by atoms with Crippen LogP contribution >= 0.6 is 0 Å². The third kappa shape index (κ3) is 17.0. The quantitative estimate of drug-likeness (QED) is 0.0275. The molecule has 1 aliphatic heterocycles. The molecular formula is C48H65N15O9. The molecule has 2 aromatic heterocycles. The lowest BCUT2D eigenvalue weighted by atomic mass is 10.0. The van der Waals surface area contributed by atoms with Crippen LogP contribution in [0.5, 0.6) is 0 Å². The molecule has 386 valence electrons. The Morgan fingerprint density at radius 3 is 2.15 bits per heavy atom. The number of imidazole rings is 1. The van der Waals surface area contributed by atoms with Crippen molar-refractivity contribution in [2.24, 2.45) is 22.2 Å². The maximum absolute atomic E-state index is 14.5. The zero-order valence-corrected chi connectivity index (χ0v) is 40.3. The van der Waals surface area contributed by atoms with Crippen LogP contribution in [0.3, 0.4) is 0 Å². The van der Waals surface area contributed by atoms with Crippen LogP contribution in [0.15, 0.2) is 78.3 Å². The van der Waals surface area contributed by atoms with Crippen molar-refractivity contribution in [1.29, 1.82) is 0 Å². The molecule has 1 unspecified atom stereocenters. The van der Waals surface area contributed by atoms with Gasteiger partial charge >= 0.3 is 0 Å². The number of carbonyl (C=O) groups excluding carboxylic acids is 9. The molecule has 3 heterocycles. The number of unbranched alkanes of at least 4 members (excludes halogenated alkanes) is 1. The van der Waals surface area contributed by atoms with Crippen LogP contribution in [0.4, 0.5) is 0 Å². The average molecular weight is 996 g/mol. The molecule has 72 heavy (non-hydrogen) atoms. The van der Waals surface area contributed by atoms with Gasteiger partial charge in [-0.05, 0) is 42.9 Å². The lowest BCUT2D eigenvalue weighted by Gasteiger charge is -2.28. The van der Waals surface area contributed by atoms with E-state index < -0.39 is 108 Å². The van der Waals surface area contributed by atoms with Crippen LogP contribution in [0.1, 0.15) is 75.6 Å². The van der Waals surface area contributed by atoms with E-state index in [0.717, 1.165) is 10.9 Å². The molecule has 0 spiro atoms. The minimum atomic E-state index is -1.60. The summed E-state index contributed by atoms with van der Waals surface area (Å²) in [4.78, 5) is 138. The normalized spacial score (nSPS) is 20.1. The van der Waals surface area contributed by atoms with E-state index in [-0.39, 0.29) is 57.5 Å². The molecule has 1 fully saturated rings. The summed E-state index contributed by atoms with van der Waals surface area (Å²) in [6.45, 7) is 2.62. The van der Waals surface area contributed by atoms with E-state index in [1.807, 2.05) is 25.1 Å². The van der Waals surface area contributed by atoms with Gasteiger partial charge in [0.05, 0.1) is 6.33 Å². The van der Waals surface area contributed by atoms with Gasteiger partial charge in [-0.25, -0.2) is 4.98 Å². The highest BCUT2D eigenvalue weighted by Crippen LogP contribution is 2.19. The van der Waals surface area contributed by atoms with E-state index >= 15 is 0 Å². The fourth-order valence-electron chi connectivity index (χ4n) is 8.01. The fraction of sp³-hybridized carbons (Fsp3) is 0.438. The standard InChI is InChI=1S/C48H65N15O9/c1-3-4-14-33(57-27(2)64)42(67)59-35-17-18-40(65)55-25-39(47(72)60-36(41(49)66)21-29-23-54-32-15-9-8-13-31(29)32)63-43(68)34(16-10-19-53-48(50)51)58-45(70)37(20-28-11-6-5-7-12-28)61-46(71)38(62-44(35)69)22-30-24-52-26-56-30/h5-9,11-13,15,23-24,26,33-39,54H,3-4,10,14,16-22,25H2,1-2H3,(H2,49,66)(H,52,56)(H,55,65)(H,57,64)(H,58,70)(H,59,67)(H,60,72)(H,61,71)(H,62,69)(H,63,68)(H4,50,51,53)/t33-,34-,35-,36-,37+,38-,39?/m0/s1. The number of benzene rings is 2. The Morgan fingerprint density at radius 1 is 0.792 bits per heavy atom. The van der Waals surface area contributed by atoms with Crippen molar-refractivity contribution in [2.75, 3.05) is 13.1 Å². The number of carbonyl (C=O) groups is 9. The number of aromatic amines is 2. The van der Waals surface area contributed by atoms with E-state index in [1.165, 1.54) is 19.4 Å². The van der Waals surface area contributed by atoms with Crippen molar-refractivity contribution < 1.29 is 43.2 Å². The summed E-state index contributed by atoms with van der Waals surface area (Å²) < 4.78 is 0. The predicted octanol–water partition coefficient (Wildman–Crippen LogP) is -2.03. The summed E-state index contributed by atoms with van der Waals surface area (Å²) in [5, 5.41) is 22.0. The molecule has 16 N–H and O–H groups in total. The van der Waals surface area contributed by atoms with Gasteiger partial charge in [0.15, 0.2) is 5.96 Å². The highest BCUT2D eigenvalue weighted by atomic mass is 16.2. The van der Waals surface area contributed by atoms with Crippen molar-refractivity contribution in [1.82, 2.24) is 57.5 Å². The zero-order chi connectivity index (χ0) is 52.2. The van der Waals surface area contributed by atoms with E-state index in [1.54, 1.807) is 42.6 Å². The van der Waals surface area contributed by atoms with Gasteiger partial charge in [-0.3, -0.25) is 48.1 Å². The van der Waals surface area contributed by atoms with Crippen molar-refractivity contribution in [2.45, 2.75) is 120 Å². The SMILES string of the molecule is CCCC[C@H](NC(C)=O)C(=O)N[C@H]1CCC(=O)NCC(C(=O)N[C@@H](Cc2c[nH]c3ccccc23)C(N)=O)NC(=O)[C@H](CCCN=C(N)N)NC(=O)[C@@H](Cc2ccccc2)NC(=O)[C@H](Cc2cnc[nH]2)NC1=O. The Morgan fingerprint density at radius 2 is 1.47 bits per heavy atom. The molecule has 7 atom stereocenters. The summed E-state index contributed by atoms with van der Waals surface area (Å²) in [6.07, 6.45) is 4.93. The second-order valence-corrected chi connectivity index (χ2v) is 17.5. The number of hydrogen-bond donors (Lipinski definition) is 13. The molecule has 0 radical (unpaired) electrons. The minimum Gasteiger partial charge on any atom is -0.370 e. The minimum absolute atomic E-state index is 0.0450. The number of hydrogen-bond acceptors (Lipinski definition) is 11.